The maximum Gasteiger partial charge on any atom is 0.306 e. The molecule has 152 valence electrons. The molecule has 0 bridgehead atoms. The van der Waals surface area contributed by atoms with Crippen LogP contribution in [0.15, 0.2) is 36.5 Å². The zero-order valence-electron chi connectivity index (χ0n) is 15.4. The van der Waals surface area contributed by atoms with Crippen LogP contribution in [0.3, 0.4) is 0 Å². The Morgan fingerprint density at radius 2 is 2.03 bits per heavy atom. The van der Waals surface area contributed by atoms with Gasteiger partial charge in [0.1, 0.15) is 11.9 Å². The summed E-state index contributed by atoms with van der Waals surface area (Å²) in [6.07, 6.45) is 2.05. The molecule has 6 nitrogen and oxygen atoms in total. The number of nitrogens with zero attached hydrogens (tertiary/aromatic N) is 2. The van der Waals surface area contributed by atoms with Gasteiger partial charge in [-0.1, -0.05) is 23.2 Å². The first-order valence-corrected chi connectivity index (χ1v) is 9.84. The minimum absolute atomic E-state index is 0.0466. The normalized spacial score (nSPS) is 17.4. The van der Waals surface area contributed by atoms with Gasteiger partial charge in [0.2, 0.25) is 0 Å². The van der Waals surface area contributed by atoms with Crippen LogP contribution in [-0.2, 0) is 4.79 Å². The van der Waals surface area contributed by atoms with Crippen LogP contribution in [0, 0.1) is 29.0 Å². The van der Waals surface area contributed by atoms with Gasteiger partial charge in [0.05, 0.1) is 32.7 Å². The van der Waals surface area contributed by atoms with E-state index in [9.17, 15) is 14.4 Å². The topological polar surface area (TPSA) is 98.0 Å². The van der Waals surface area contributed by atoms with Crippen molar-refractivity contribution in [3.05, 3.63) is 58.0 Å². The largest absolute Gasteiger partial charge is 0.481 e. The molecule has 1 fully saturated rings. The zero-order valence-corrected chi connectivity index (χ0v) is 16.9. The van der Waals surface area contributed by atoms with E-state index in [4.69, 9.17) is 28.3 Å². The average Bonchev–Trinajstić information content (AvgIpc) is 3.50. The molecule has 0 saturated heterocycles. The third-order valence-electron chi connectivity index (χ3n) is 5.04. The summed E-state index contributed by atoms with van der Waals surface area (Å²) >= 11 is 12.3. The molecule has 4 rings (SSSR count). The van der Waals surface area contributed by atoms with Crippen LogP contribution in [0.1, 0.15) is 12.0 Å². The van der Waals surface area contributed by atoms with Gasteiger partial charge < -0.3 is 15.7 Å². The number of fused-ring (bicyclic) bond motifs is 1. The number of aromatic nitrogens is 1. The van der Waals surface area contributed by atoms with Gasteiger partial charge in [-0.15, -0.1) is 0 Å². The molecule has 1 heterocycles. The molecule has 1 aromatic heterocycles. The van der Waals surface area contributed by atoms with E-state index in [1.165, 1.54) is 24.4 Å². The second-order valence-electron chi connectivity index (χ2n) is 7.09. The van der Waals surface area contributed by atoms with E-state index in [-0.39, 0.29) is 22.4 Å². The van der Waals surface area contributed by atoms with Gasteiger partial charge in [-0.2, -0.15) is 5.26 Å². The Labute approximate surface area is 181 Å². The number of halogens is 3. The molecule has 0 spiro atoms. The number of carbonyl (C=O) groups is 1. The molecule has 30 heavy (non-hydrogen) atoms. The SMILES string of the molecule is N#Cc1cnc2c(Cl)cc(NCC3CC3C(=O)O)cc2c1Nc1ccc(F)c(Cl)c1. The summed E-state index contributed by atoms with van der Waals surface area (Å²) < 4.78 is 13.5. The number of aliphatic carboxylic acids is 1. The van der Waals surface area contributed by atoms with Crippen molar-refractivity contribution >= 4 is 57.1 Å². The summed E-state index contributed by atoms with van der Waals surface area (Å²) in [6, 6.07) is 9.76. The standard InChI is InChI=1S/C21H15Cl2FN4O2/c22-16-5-12(1-2-18(16)24)28-19-11(7-25)9-27-20-15(19)4-13(6-17(20)23)26-8-10-3-14(10)21(29)30/h1-2,4-6,9-10,14,26H,3,8H2,(H,27,28)(H,29,30). The Balaban J connectivity index is 1.70. The number of anilines is 3. The van der Waals surface area contributed by atoms with E-state index in [0.29, 0.717) is 46.0 Å². The fraction of sp³-hybridized carbons (Fsp3) is 0.190. The number of nitrogens with one attached hydrogen (secondary N) is 2. The molecular weight excluding hydrogens is 430 g/mol. The molecule has 3 N–H and O–H groups in total. The van der Waals surface area contributed by atoms with E-state index >= 15 is 0 Å². The predicted octanol–water partition coefficient (Wildman–Crippen LogP) is 5.43. The third kappa shape index (κ3) is 3.97. The molecule has 0 aliphatic heterocycles. The fourth-order valence-corrected chi connectivity index (χ4v) is 3.77. The Bertz CT molecular complexity index is 1210. The monoisotopic (exact) mass is 444 g/mol. The first-order chi connectivity index (χ1) is 14.4. The number of hydrogen-bond acceptors (Lipinski definition) is 5. The molecule has 0 radical (unpaired) electrons. The van der Waals surface area contributed by atoms with Crippen molar-refractivity contribution in [2.75, 3.05) is 17.2 Å². The number of hydrogen-bond donors (Lipinski definition) is 3. The lowest BCUT2D eigenvalue weighted by atomic mass is 10.1. The minimum atomic E-state index is -0.786. The molecule has 1 saturated carbocycles. The number of rotatable bonds is 6. The number of benzene rings is 2. The van der Waals surface area contributed by atoms with Crippen LogP contribution in [0.4, 0.5) is 21.5 Å². The summed E-state index contributed by atoms with van der Waals surface area (Å²) in [5, 5.41) is 25.8. The predicted molar refractivity (Wildman–Crippen MR) is 114 cm³/mol. The van der Waals surface area contributed by atoms with Crippen LogP contribution < -0.4 is 10.6 Å². The lowest BCUT2D eigenvalue weighted by Crippen LogP contribution is -2.08. The molecule has 2 unspecified atom stereocenters. The second-order valence-corrected chi connectivity index (χ2v) is 7.90. The molecule has 0 amide bonds. The highest BCUT2D eigenvalue weighted by atomic mass is 35.5. The van der Waals surface area contributed by atoms with Crippen LogP contribution in [0.5, 0.6) is 0 Å². The van der Waals surface area contributed by atoms with Crippen molar-refractivity contribution in [3.8, 4) is 6.07 Å². The number of nitriles is 1. The summed E-state index contributed by atoms with van der Waals surface area (Å²) in [5.41, 5.74) is 2.42. The van der Waals surface area contributed by atoms with Crippen LogP contribution in [0.25, 0.3) is 10.9 Å². The van der Waals surface area contributed by atoms with Crippen molar-refractivity contribution in [1.82, 2.24) is 4.98 Å². The Morgan fingerprint density at radius 1 is 1.27 bits per heavy atom. The van der Waals surface area contributed by atoms with Gasteiger partial charge in [0.15, 0.2) is 0 Å². The first-order valence-electron chi connectivity index (χ1n) is 9.08. The van der Waals surface area contributed by atoms with Crippen molar-refractivity contribution in [3.63, 3.8) is 0 Å². The number of pyridine rings is 1. The highest BCUT2D eigenvalue weighted by molar-refractivity contribution is 6.36. The van der Waals surface area contributed by atoms with Crippen molar-refractivity contribution in [1.29, 1.82) is 5.26 Å². The molecule has 2 atom stereocenters. The molecule has 1 aliphatic carbocycles. The number of carboxylic acids is 1. The summed E-state index contributed by atoms with van der Waals surface area (Å²) in [6.45, 7) is 0.500. The third-order valence-corrected chi connectivity index (χ3v) is 5.62. The second kappa shape index (κ2) is 7.98. The first kappa shape index (κ1) is 20.2. The minimum Gasteiger partial charge on any atom is -0.481 e. The summed E-state index contributed by atoms with van der Waals surface area (Å²) in [4.78, 5) is 15.3. The molecular formula is C21H15Cl2FN4O2. The molecule has 3 aromatic rings. The van der Waals surface area contributed by atoms with Gasteiger partial charge in [0, 0.05) is 29.5 Å². The Hall–Kier alpha value is -3.08. The maximum atomic E-state index is 13.5. The molecule has 9 heteroatoms. The van der Waals surface area contributed by atoms with E-state index in [1.54, 1.807) is 12.1 Å². The average molecular weight is 445 g/mol. The van der Waals surface area contributed by atoms with Gasteiger partial charge in [0.25, 0.3) is 0 Å². The van der Waals surface area contributed by atoms with Crippen LogP contribution in [-0.4, -0.2) is 22.6 Å². The van der Waals surface area contributed by atoms with Crippen molar-refractivity contribution < 1.29 is 14.3 Å². The highest BCUT2D eigenvalue weighted by Gasteiger charge is 2.42. The maximum absolute atomic E-state index is 13.5. The van der Waals surface area contributed by atoms with Crippen molar-refractivity contribution in [2.24, 2.45) is 11.8 Å². The van der Waals surface area contributed by atoms with E-state index < -0.39 is 11.8 Å². The smallest absolute Gasteiger partial charge is 0.306 e. The number of carboxylic acid groups (broad SMARTS) is 1. The van der Waals surface area contributed by atoms with Crippen LogP contribution >= 0.6 is 23.2 Å². The van der Waals surface area contributed by atoms with Gasteiger partial charge >= 0.3 is 5.97 Å². The molecule has 1 aliphatic rings. The van der Waals surface area contributed by atoms with Gasteiger partial charge in [-0.05, 0) is 42.7 Å². The van der Waals surface area contributed by atoms with E-state index in [2.05, 4.69) is 21.7 Å². The Kier molecular flexibility index (Phi) is 5.37. The molecule has 2 aromatic carbocycles. The van der Waals surface area contributed by atoms with Gasteiger partial charge in [-0.25, -0.2) is 4.39 Å². The lowest BCUT2D eigenvalue weighted by molar-refractivity contribution is -0.138. The fourth-order valence-electron chi connectivity index (χ4n) is 3.32. The van der Waals surface area contributed by atoms with E-state index in [1.807, 2.05) is 0 Å². The summed E-state index contributed by atoms with van der Waals surface area (Å²) in [5.74, 6) is -1.58. The van der Waals surface area contributed by atoms with Crippen LogP contribution in [0.2, 0.25) is 10.0 Å². The zero-order chi connectivity index (χ0) is 21.4. The van der Waals surface area contributed by atoms with Gasteiger partial charge in [-0.3, -0.25) is 9.78 Å². The highest BCUT2D eigenvalue weighted by Crippen LogP contribution is 2.40. The lowest BCUT2D eigenvalue weighted by Gasteiger charge is -2.14. The van der Waals surface area contributed by atoms with Crippen molar-refractivity contribution in [2.45, 2.75) is 6.42 Å². The summed E-state index contributed by atoms with van der Waals surface area (Å²) in [7, 11) is 0. The quantitative estimate of drug-likeness (QED) is 0.468. The Morgan fingerprint density at radius 3 is 2.70 bits per heavy atom. The van der Waals surface area contributed by atoms with E-state index in [0.717, 1.165) is 0 Å².